The highest BCUT2D eigenvalue weighted by molar-refractivity contribution is 5.83. The highest BCUT2D eigenvalue weighted by Crippen LogP contribution is 2.32. The molecule has 156 valence electrons. The van der Waals surface area contributed by atoms with E-state index in [9.17, 15) is 22.8 Å². The summed E-state index contributed by atoms with van der Waals surface area (Å²) in [6.45, 7) is 8.67. The fourth-order valence-electron chi connectivity index (χ4n) is 3.22. The van der Waals surface area contributed by atoms with Gasteiger partial charge >= 0.3 is 12.3 Å². The average Bonchev–Trinajstić information content (AvgIpc) is 2.60. The molecule has 0 bridgehead atoms. The molecule has 1 amide bonds. The lowest BCUT2D eigenvalue weighted by Gasteiger charge is -2.39. The number of halogens is 3. The molecule has 1 aliphatic heterocycles. The van der Waals surface area contributed by atoms with Crippen molar-refractivity contribution in [2.45, 2.75) is 58.4 Å². The van der Waals surface area contributed by atoms with Crippen LogP contribution in [-0.4, -0.2) is 53.5 Å². The summed E-state index contributed by atoms with van der Waals surface area (Å²) >= 11 is 0. The molecule has 0 N–H and O–H groups in total. The normalized spacial score (nSPS) is 16.0. The maximum atomic E-state index is 12.9. The molecule has 1 saturated heterocycles. The van der Waals surface area contributed by atoms with E-state index in [1.807, 2.05) is 11.8 Å². The van der Waals surface area contributed by atoms with Crippen LogP contribution in [0.15, 0.2) is 12.3 Å². The van der Waals surface area contributed by atoms with E-state index in [4.69, 9.17) is 4.74 Å². The van der Waals surface area contributed by atoms with Gasteiger partial charge in [-0.2, -0.15) is 13.2 Å². The average molecular weight is 401 g/mol. The number of carbonyl (C=O) groups is 2. The first-order valence-electron chi connectivity index (χ1n) is 9.23. The highest BCUT2D eigenvalue weighted by atomic mass is 19.4. The van der Waals surface area contributed by atoms with Crippen LogP contribution in [0.25, 0.3) is 0 Å². The molecule has 0 saturated carbocycles. The van der Waals surface area contributed by atoms with Crippen molar-refractivity contribution < 1.29 is 27.5 Å². The van der Waals surface area contributed by atoms with E-state index in [0.29, 0.717) is 38.8 Å². The third kappa shape index (κ3) is 5.36. The van der Waals surface area contributed by atoms with Crippen molar-refractivity contribution in [2.75, 3.05) is 24.5 Å². The quantitative estimate of drug-likeness (QED) is 0.710. The molecular weight excluding hydrogens is 375 g/mol. The van der Waals surface area contributed by atoms with Gasteiger partial charge in [-0.15, -0.1) is 0 Å². The minimum atomic E-state index is -4.56. The van der Waals surface area contributed by atoms with Crippen molar-refractivity contribution in [1.29, 1.82) is 0 Å². The predicted octanol–water partition coefficient (Wildman–Crippen LogP) is 4.14. The van der Waals surface area contributed by atoms with E-state index in [0.717, 1.165) is 12.3 Å². The molecule has 0 unspecified atom stereocenters. The van der Waals surface area contributed by atoms with Crippen LogP contribution in [0.1, 0.15) is 56.5 Å². The van der Waals surface area contributed by atoms with Gasteiger partial charge in [-0.1, -0.05) is 0 Å². The topological polar surface area (TPSA) is 62.7 Å². The number of hydrogen-bond donors (Lipinski definition) is 0. The van der Waals surface area contributed by atoms with Crippen LogP contribution >= 0.6 is 0 Å². The lowest BCUT2D eigenvalue weighted by atomic mass is 10.0. The second kappa shape index (κ2) is 8.36. The zero-order chi connectivity index (χ0) is 21.1. The molecule has 28 heavy (non-hydrogen) atoms. The van der Waals surface area contributed by atoms with E-state index in [1.54, 1.807) is 25.7 Å². The largest absolute Gasteiger partial charge is 0.444 e. The zero-order valence-electron chi connectivity index (χ0n) is 16.5. The van der Waals surface area contributed by atoms with Crippen LogP contribution in [0.2, 0.25) is 0 Å². The van der Waals surface area contributed by atoms with Gasteiger partial charge < -0.3 is 14.5 Å². The van der Waals surface area contributed by atoms with Crippen LogP contribution in [0, 0.1) is 0 Å². The Morgan fingerprint density at radius 3 is 2.39 bits per heavy atom. The van der Waals surface area contributed by atoms with Gasteiger partial charge in [0.25, 0.3) is 0 Å². The number of aldehydes is 1. The van der Waals surface area contributed by atoms with Crippen molar-refractivity contribution in [1.82, 2.24) is 9.88 Å². The molecule has 0 aromatic carbocycles. The number of pyridine rings is 1. The Kier molecular flexibility index (Phi) is 6.56. The van der Waals surface area contributed by atoms with E-state index >= 15 is 0 Å². The number of rotatable bonds is 4. The number of alkyl halides is 3. The Hall–Kier alpha value is -2.32. The summed E-state index contributed by atoms with van der Waals surface area (Å²) in [5.41, 5.74) is -1.62. The SMILES string of the molecule is CCN(c1ncc(C(F)(F)F)cc1C=O)C1CCN(C(=O)OC(C)(C)C)CC1. The first kappa shape index (κ1) is 22.0. The number of nitrogens with zero attached hydrogens (tertiary/aromatic N) is 3. The van der Waals surface area contributed by atoms with Gasteiger partial charge in [-0.05, 0) is 46.6 Å². The van der Waals surface area contributed by atoms with Crippen molar-refractivity contribution in [3.8, 4) is 0 Å². The van der Waals surface area contributed by atoms with Crippen molar-refractivity contribution in [2.24, 2.45) is 0 Å². The molecule has 0 radical (unpaired) electrons. The summed E-state index contributed by atoms with van der Waals surface area (Å²) in [4.78, 5) is 31.0. The smallest absolute Gasteiger partial charge is 0.417 e. The first-order valence-corrected chi connectivity index (χ1v) is 9.23. The molecular formula is C19H26F3N3O3. The van der Waals surface area contributed by atoms with Crippen LogP contribution in [0.4, 0.5) is 23.8 Å². The van der Waals surface area contributed by atoms with Crippen molar-refractivity contribution in [3.63, 3.8) is 0 Å². The Morgan fingerprint density at radius 1 is 1.32 bits per heavy atom. The molecule has 9 heteroatoms. The number of hydrogen-bond acceptors (Lipinski definition) is 5. The molecule has 1 aliphatic rings. The van der Waals surface area contributed by atoms with Gasteiger partial charge in [0.1, 0.15) is 11.4 Å². The molecule has 1 aromatic heterocycles. The number of aromatic nitrogens is 1. The van der Waals surface area contributed by atoms with Gasteiger partial charge in [0.15, 0.2) is 6.29 Å². The Labute approximate surface area is 162 Å². The van der Waals surface area contributed by atoms with Crippen molar-refractivity contribution in [3.05, 3.63) is 23.4 Å². The summed E-state index contributed by atoms with van der Waals surface area (Å²) < 4.78 is 44.0. The van der Waals surface area contributed by atoms with Crippen LogP contribution in [0.5, 0.6) is 0 Å². The number of piperidine rings is 1. The number of anilines is 1. The van der Waals surface area contributed by atoms with E-state index < -0.39 is 17.3 Å². The molecule has 1 fully saturated rings. The van der Waals surface area contributed by atoms with Gasteiger partial charge in [0, 0.05) is 31.9 Å². The van der Waals surface area contributed by atoms with E-state index in [2.05, 4.69) is 4.98 Å². The summed E-state index contributed by atoms with van der Waals surface area (Å²) in [6, 6.07) is 0.792. The van der Waals surface area contributed by atoms with Crippen molar-refractivity contribution >= 4 is 18.2 Å². The van der Waals surface area contributed by atoms with Crippen LogP contribution < -0.4 is 4.90 Å². The third-order valence-electron chi connectivity index (χ3n) is 4.52. The Bertz CT molecular complexity index is 709. The summed E-state index contributed by atoms with van der Waals surface area (Å²) in [5, 5.41) is 0. The molecule has 2 heterocycles. The summed E-state index contributed by atoms with van der Waals surface area (Å²) in [7, 11) is 0. The molecule has 1 aromatic rings. The third-order valence-corrected chi connectivity index (χ3v) is 4.52. The molecule has 6 nitrogen and oxygen atoms in total. The highest BCUT2D eigenvalue weighted by Gasteiger charge is 2.34. The first-order chi connectivity index (χ1) is 13.0. The lowest BCUT2D eigenvalue weighted by Crippen LogP contribution is -2.48. The van der Waals surface area contributed by atoms with E-state index in [1.165, 1.54) is 0 Å². The number of carbonyl (C=O) groups excluding carboxylic acids is 2. The van der Waals surface area contributed by atoms with Gasteiger partial charge in [-0.3, -0.25) is 4.79 Å². The van der Waals surface area contributed by atoms with Gasteiger partial charge in [-0.25, -0.2) is 9.78 Å². The predicted molar refractivity (Wildman–Crippen MR) is 98.5 cm³/mol. The molecule has 0 atom stereocenters. The molecule has 0 aliphatic carbocycles. The van der Waals surface area contributed by atoms with Crippen LogP contribution in [-0.2, 0) is 10.9 Å². The lowest BCUT2D eigenvalue weighted by molar-refractivity contribution is -0.137. The maximum absolute atomic E-state index is 12.9. The number of amides is 1. The minimum absolute atomic E-state index is 0.0355. The van der Waals surface area contributed by atoms with Crippen LogP contribution in [0.3, 0.4) is 0 Å². The standard InChI is InChI=1S/C19H26F3N3O3/c1-5-25(16-13(12-26)10-14(11-23-16)19(20,21)22)15-6-8-24(9-7-15)17(27)28-18(2,3)4/h10-12,15H,5-9H2,1-4H3. The van der Waals surface area contributed by atoms with Gasteiger partial charge in [0.05, 0.1) is 11.1 Å². The Morgan fingerprint density at radius 2 is 1.93 bits per heavy atom. The van der Waals surface area contributed by atoms with E-state index in [-0.39, 0.29) is 23.5 Å². The Balaban J connectivity index is 2.13. The second-order valence-corrected chi connectivity index (χ2v) is 7.74. The second-order valence-electron chi connectivity index (χ2n) is 7.74. The zero-order valence-corrected chi connectivity index (χ0v) is 16.5. The molecule has 0 spiro atoms. The van der Waals surface area contributed by atoms with Gasteiger partial charge in [0.2, 0.25) is 0 Å². The monoisotopic (exact) mass is 401 g/mol. The summed E-state index contributed by atoms with van der Waals surface area (Å²) in [6.07, 6.45) is -2.58. The fourth-order valence-corrected chi connectivity index (χ4v) is 3.22. The fraction of sp³-hybridized carbons (Fsp3) is 0.632. The maximum Gasteiger partial charge on any atom is 0.417 e. The summed E-state index contributed by atoms with van der Waals surface area (Å²) in [5.74, 6) is 0.237. The minimum Gasteiger partial charge on any atom is -0.444 e. The number of likely N-dealkylation sites (tertiary alicyclic amines) is 1. The number of ether oxygens (including phenoxy) is 1. The molecule has 2 rings (SSSR count).